The Bertz CT molecular complexity index is 955. The van der Waals surface area contributed by atoms with Crippen LogP contribution >= 0.6 is 11.8 Å². The molecule has 1 aliphatic rings. The smallest absolute Gasteiger partial charge is 0.230 e. The highest BCUT2D eigenvalue weighted by Crippen LogP contribution is 2.29. The van der Waals surface area contributed by atoms with Crippen molar-refractivity contribution in [3.63, 3.8) is 0 Å². The number of carbonyl (C=O) groups is 1. The first-order valence-corrected chi connectivity index (χ1v) is 10.0. The summed E-state index contributed by atoms with van der Waals surface area (Å²) in [6.45, 7) is 2.02. The fraction of sp³-hybridized carbons (Fsp3) is 0.300. The molecule has 0 saturated heterocycles. The van der Waals surface area contributed by atoms with Crippen molar-refractivity contribution < 1.29 is 4.79 Å². The molecule has 1 N–H and O–H groups in total. The predicted molar refractivity (Wildman–Crippen MR) is 105 cm³/mol. The number of nitrogens with one attached hydrogen (secondary N) is 1. The molecule has 0 bridgehead atoms. The molecule has 1 atom stereocenters. The Morgan fingerprint density at radius 3 is 3.04 bits per heavy atom. The highest BCUT2D eigenvalue weighted by molar-refractivity contribution is 7.99. The lowest BCUT2D eigenvalue weighted by Crippen LogP contribution is -2.32. The van der Waals surface area contributed by atoms with E-state index in [0.29, 0.717) is 5.16 Å². The van der Waals surface area contributed by atoms with E-state index in [1.165, 1.54) is 22.9 Å². The number of aromatic nitrogens is 4. The molecule has 3 aromatic rings. The standard InChI is InChI=1S/C20H21N5OS/c1-14-6-4-9-16(12-14)25-20(22-23-24-25)27-13-19(26)21-18-11-5-8-15-7-2-3-10-17(15)18/h2-4,6-7,9-10,12,18H,5,8,11,13H2,1H3,(H,21,26). The predicted octanol–water partition coefficient (Wildman–Crippen LogP) is 3.26. The number of benzene rings is 2. The number of tetrazole rings is 1. The van der Waals surface area contributed by atoms with Crippen LogP contribution in [0.25, 0.3) is 5.69 Å². The zero-order valence-corrected chi connectivity index (χ0v) is 15.9. The van der Waals surface area contributed by atoms with Crippen LogP contribution in [0.4, 0.5) is 0 Å². The van der Waals surface area contributed by atoms with E-state index in [4.69, 9.17) is 0 Å². The maximum atomic E-state index is 12.5. The average Bonchev–Trinajstić information content (AvgIpc) is 3.15. The van der Waals surface area contributed by atoms with Crippen molar-refractivity contribution in [3.8, 4) is 5.69 Å². The maximum absolute atomic E-state index is 12.5. The largest absolute Gasteiger partial charge is 0.349 e. The minimum Gasteiger partial charge on any atom is -0.349 e. The molecule has 0 aliphatic heterocycles. The number of hydrogen-bond acceptors (Lipinski definition) is 5. The minimum absolute atomic E-state index is 0.000459. The first-order valence-electron chi connectivity index (χ1n) is 9.06. The number of thioether (sulfide) groups is 1. The summed E-state index contributed by atoms with van der Waals surface area (Å²) in [6.07, 6.45) is 3.16. The number of aryl methyl sites for hydroxylation is 2. The van der Waals surface area contributed by atoms with Gasteiger partial charge in [-0.3, -0.25) is 4.79 Å². The van der Waals surface area contributed by atoms with Crippen molar-refractivity contribution in [2.24, 2.45) is 0 Å². The molecule has 0 saturated carbocycles. The molecule has 0 spiro atoms. The number of fused-ring (bicyclic) bond motifs is 1. The van der Waals surface area contributed by atoms with Gasteiger partial charge in [-0.05, 0) is 65.4 Å². The van der Waals surface area contributed by atoms with Crippen molar-refractivity contribution in [2.45, 2.75) is 37.4 Å². The molecular formula is C20H21N5OS. The van der Waals surface area contributed by atoms with E-state index in [1.54, 1.807) is 4.68 Å². The second kappa shape index (κ2) is 7.92. The average molecular weight is 379 g/mol. The minimum atomic E-state index is 0.000459. The topological polar surface area (TPSA) is 72.7 Å². The first-order chi connectivity index (χ1) is 13.2. The Hall–Kier alpha value is -2.67. The molecule has 138 valence electrons. The summed E-state index contributed by atoms with van der Waals surface area (Å²) < 4.78 is 1.67. The van der Waals surface area contributed by atoms with Gasteiger partial charge in [-0.25, -0.2) is 0 Å². The molecule has 1 heterocycles. The lowest BCUT2D eigenvalue weighted by molar-refractivity contribution is -0.119. The Balaban J connectivity index is 1.41. The van der Waals surface area contributed by atoms with E-state index in [9.17, 15) is 4.79 Å². The summed E-state index contributed by atoms with van der Waals surface area (Å²) >= 11 is 1.35. The van der Waals surface area contributed by atoms with E-state index in [1.807, 2.05) is 37.3 Å². The van der Waals surface area contributed by atoms with Gasteiger partial charge < -0.3 is 5.32 Å². The van der Waals surface area contributed by atoms with E-state index in [-0.39, 0.29) is 17.7 Å². The first kappa shape index (κ1) is 17.7. The third kappa shape index (κ3) is 4.03. The third-order valence-corrected chi connectivity index (χ3v) is 5.64. The molecule has 6 nitrogen and oxygen atoms in total. The van der Waals surface area contributed by atoms with Gasteiger partial charge in [-0.15, -0.1) is 5.10 Å². The van der Waals surface area contributed by atoms with Crippen LogP contribution in [0, 0.1) is 6.92 Å². The normalized spacial score (nSPS) is 16.0. The van der Waals surface area contributed by atoms with Gasteiger partial charge in [0, 0.05) is 0 Å². The van der Waals surface area contributed by atoms with Crippen LogP contribution in [-0.2, 0) is 11.2 Å². The number of nitrogens with zero attached hydrogens (tertiary/aromatic N) is 4. The van der Waals surface area contributed by atoms with Crippen LogP contribution in [0.5, 0.6) is 0 Å². The molecule has 1 aliphatic carbocycles. The summed E-state index contributed by atoms with van der Waals surface area (Å²) in [5, 5.41) is 15.7. The van der Waals surface area contributed by atoms with Crippen LogP contribution in [0.2, 0.25) is 0 Å². The molecule has 0 fully saturated rings. The molecule has 7 heteroatoms. The van der Waals surface area contributed by atoms with E-state index < -0.39 is 0 Å². The van der Waals surface area contributed by atoms with Gasteiger partial charge in [0.15, 0.2) is 0 Å². The van der Waals surface area contributed by atoms with Gasteiger partial charge in [-0.1, -0.05) is 48.2 Å². The summed E-state index contributed by atoms with van der Waals surface area (Å²) in [7, 11) is 0. The number of carbonyl (C=O) groups excluding carboxylic acids is 1. The molecular weight excluding hydrogens is 358 g/mol. The highest BCUT2D eigenvalue weighted by Gasteiger charge is 2.21. The Labute approximate surface area is 162 Å². The molecule has 27 heavy (non-hydrogen) atoms. The van der Waals surface area contributed by atoms with Crippen LogP contribution in [0.15, 0.2) is 53.7 Å². The Morgan fingerprint density at radius 1 is 1.26 bits per heavy atom. The van der Waals surface area contributed by atoms with Crippen LogP contribution in [0.3, 0.4) is 0 Å². The number of amides is 1. The van der Waals surface area contributed by atoms with E-state index >= 15 is 0 Å². The van der Waals surface area contributed by atoms with Crippen molar-refractivity contribution in [1.82, 2.24) is 25.5 Å². The van der Waals surface area contributed by atoms with Crippen LogP contribution in [0.1, 0.15) is 35.6 Å². The highest BCUT2D eigenvalue weighted by atomic mass is 32.2. The SMILES string of the molecule is Cc1cccc(-n2nnnc2SCC(=O)NC2CCCc3ccccc32)c1. The molecule has 1 amide bonds. The van der Waals surface area contributed by atoms with E-state index in [2.05, 4.69) is 39.0 Å². The van der Waals surface area contributed by atoms with Gasteiger partial charge >= 0.3 is 0 Å². The fourth-order valence-corrected chi connectivity index (χ4v) is 4.16. The molecule has 4 rings (SSSR count). The number of rotatable bonds is 5. The monoisotopic (exact) mass is 379 g/mol. The van der Waals surface area contributed by atoms with E-state index in [0.717, 1.165) is 30.5 Å². The molecule has 2 aromatic carbocycles. The van der Waals surface area contributed by atoms with Gasteiger partial charge in [0.05, 0.1) is 17.5 Å². The van der Waals surface area contributed by atoms with Crippen LogP contribution in [-0.4, -0.2) is 31.9 Å². The second-order valence-corrected chi connectivity index (χ2v) is 7.65. The third-order valence-electron chi connectivity index (χ3n) is 4.72. The van der Waals surface area contributed by atoms with Crippen LogP contribution < -0.4 is 5.32 Å². The van der Waals surface area contributed by atoms with Gasteiger partial charge in [0.2, 0.25) is 11.1 Å². The summed E-state index contributed by atoms with van der Waals surface area (Å²) in [4.78, 5) is 12.5. The number of hydrogen-bond donors (Lipinski definition) is 1. The quantitative estimate of drug-likeness (QED) is 0.689. The Morgan fingerprint density at radius 2 is 2.15 bits per heavy atom. The summed E-state index contributed by atoms with van der Waals surface area (Å²) in [6, 6.07) is 16.4. The second-order valence-electron chi connectivity index (χ2n) is 6.71. The van der Waals surface area contributed by atoms with Crippen molar-refractivity contribution >= 4 is 17.7 Å². The molecule has 1 aromatic heterocycles. The molecule has 0 radical (unpaired) electrons. The van der Waals surface area contributed by atoms with Gasteiger partial charge in [0.25, 0.3) is 0 Å². The lowest BCUT2D eigenvalue weighted by atomic mass is 9.88. The summed E-state index contributed by atoms with van der Waals surface area (Å²) in [5.74, 6) is 0.283. The van der Waals surface area contributed by atoms with Crippen molar-refractivity contribution in [2.75, 3.05) is 5.75 Å². The summed E-state index contributed by atoms with van der Waals surface area (Å²) in [5.41, 5.74) is 4.61. The van der Waals surface area contributed by atoms with Crippen molar-refractivity contribution in [1.29, 1.82) is 0 Å². The zero-order chi connectivity index (χ0) is 18.6. The maximum Gasteiger partial charge on any atom is 0.230 e. The van der Waals surface area contributed by atoms with Gasteiger partial charge in [0.1, 0.15) is 0 Å². The Kier molecular flexibility index (Phi) is 5.20. The lowest BCUT2D eigenvalue weighted by Gasteiger charge is -2.26. The fourth-order valence-electron chi connectivity index (χ4n) is 3.46. The van der Waals surface area contributed by atoms with Crippen molar-refractivity contribution in [3.05, 3.63) is 65.2 Å². The zero-order valence-electron chi connectivity index (χ0n) is 15.1. The molecule has 1 unspecified atom stereocenters. The van der Waals surface area contributed by atoms with Gasteiger partial charge in [-0.2, -0.15) is 4.68 Å².